The fourth-order valence-corrected chi connectivity index (χ4v) is 3.14. The predicted molar refractivity (Wildman–Crippen MR) is 103 cm³/mol. The van der Waals surface area contributed by atoms with Crippen molar-refractivity contribution < 1.29 is 9.18 Å². The van der Waals surface area contributed by atoms with Crippen molar-refractivity contribution in [3.05, 3.63) is 76.1 Å². The van der Waals surface area contributed by atoms with Crippen LogP contribution in [0.3, 0.4) is 0 Å². The molecule has 0 saturated heterocycles. The highest BCUT2D eigenvalue weighted by atomic mass is 35.5. The molecule has 28 heavy (non-hydrogen) atoms. The first kappa shape index (κ1) is 18.1. The fraction of sp³-hybridized carbons (Fsp3) is 0.158. The first-order chi connectivity index (χ1) is 13.4. The lowest BCUT2D eigenvalue weighted by atomic mass is 10.2. The molecule has 0 atom stereocenters. The van der Waals surface area contributed by atoms with Gasteiger partial charge in [0.05, 0.1) is 12.7 Å². The van der Waals surface area contributed by atoms with Gasteiger partial charge in [-0.3, -0.25) is 9.48 Å². The van der Waals surface area contributed by atoms with Crippen LogP contribution >= 0.6 is 11.6 Å². The molecule has 0 bridgehead atoms. The van der Waals surface area contributed by atoms with Gasteiger partial charge in [-0.05, 0) is 37.6 Å². The van der Waals surface area contributed by atoms with Crippen molar-refractivity contribution in [2.45, 2.75) is 20.4 Å². The van der Waals surface area contributed by atoms with Gasteiger partial charge in [0.2, 0.25) is 0 Å². The number of anilines is 1. The molecule has 1 amide bonds. The average molecular weight is 399 g/mol. The second kappa shape index (κ2) is 7.05. The summed E-state index contributed by atoms with van der Waals surface area (Å²) < 4.78 is 16.2. The third kappa shape index (κ3) is 3.46. The Hall–Kier alpha value is -3.26. The van der Waals surface area contributed by atoms with E-state index in [4.69, 9.17) is 11.6 Å². The molecule has 0 fully saturated rings. The van der Waals surface area contributed by atoms with E-state index in [0.717, 1.165) is 17.0 Å². The van der Waals surface area contributed by atoms with E-state index in [0.29, 0.717) is 22.8 Å². The Labute approximate surface area is 164 Å². The van der Waals surface area contributed by atoms with Crippen LogP contribution in [-0.2, 0) is 6.54 Å². The number of aromatic nitrogens is 5. The molecule has 0 spiro atoms. The van der Waals surface area contributed by atoms with Crippen molar-refractivity contribution in [3.8, 4) is 0 Å². The zero-order chi connectivity index (χ0) is 19.8. The number of halogens is 2. The third-order valence-electron chi connectivity index (χ3n) is 4.23. The van der Waals surface area contributed by atoms with Gasteiger partial charge < -0.3 is 5.32 Å². The van der Waals surface area contributed by atoms with Crippen molar-refractivity contribution in [1.82, 2.24) is 24.4 Å². The summed E-state index contributed by atoms with van der Waals surface area (Å²) in [4.78, 5) is 17.1. The number of hydrogen-bond acceptors (Lipinski definition) is 4. The molecule has 1 aromatic carbocycles. The molecule has 0 radical (unpaired) electrons. The molecule has 4 aromatic rings. The lowest BCUT2D eigenvalue weighted by Gasteiger charge is -2.04. The molecule has 142 valence electrons. The molecular weight excluding hydrogens is 383 g/mol. The number of amides is 1. The Morgan fingerprint density at radius 2 is 2.00 bits per heavy atom. The maximum absolute atomic E-state index is 13.0. The Morgan fingerprint density at radius 3 is 2.75 bits per heavy atom. The Balaban J connectivity index is 1.57. The summed E-state index contributed by atoms with van der Waals surface area (Å²) in [5, 5.41) is 11.5. The van der Waals surface area contributed by atoms with Crippen LogP contribution in [0, 0.1) is 19.7 Å². The summed E-state index contributed by atoms with van der Waals surface area (Å²) in [5.41, 5.74) is 3.33. The number of nitrogens with zero attached hydrogens (tertiary/aromatic N) is 5. The van der Waals surface area contributed by atoms with Gasteiger partial charge >= 0.3 is 0 Å². The highest BCUT2D eigenvalue weighted by Gasteiger charge is 2.18. The first-order valence-electron chi connectivity index (χ1n) is 8.51. The highest BCUT2D eigenvalue weighted by molar-refractivity contribution is 6.33. The largest absolute Gasteiger partial charge is 0.304 e. The quantitative estimate of drug-likeness (QED) is 0.569. The van der Waals surface area contributed by atoms with Crippen LogP contribution in [0.2, 0.25) is 5.02 Å². The van der Waals surface area contributed by atoms with Crippen molar-refractivity contribution in [3.63, 3.8) is 0 Å². The average Bonchev–Trinajstić information content (AvgIpc) is 3.21. The van der Waals surface area contributed by atoms with Crippen molar-refractivity contribution in [2.24, 2.45) is 0 Å². The Morgan fingerprint density at radius 1 is 1.25 bits per heavy atom. The summed E-state index contributed by atoms with van der Waals surface area (Å²) in [5.74, 6) is -0.471. The number of aryl methyl sites for hydroxylation is 2. The van der Waals surface area contributed by atoms with E-state index in [-0.39, 0.29) is 11.6 Å². The minimum Gasteiger partial charge on any atom is -0.304 e. The zero-order valence-electron chi connectivity index (χ0n) is 15.1. The van der Waals surface area contributed by atoms with Gasteiger partial charge in [-0.2, -0.15) is 10.2 Å². The van der Waals surface area contributed by atoms with Crippen LogP contribution in [0.15, 0.2) is 42.7 Å². The van der Waals surface area contributed by atoms with Gasteiger partial charge in [-0.25, -0.2) is 13.9 Å². The molecule has 3 heterocycles. The normalized spacial score (nSPS) is 11.1. The van der Waals surface area contributed by atoms with Crippen LogP contribution in [0.5, 0.6) is 0 Å². The summed E-state index contributed by atoms with van der Waals surface area (Å²) in [6.07, 6.45) is 3.07. The lowest BCUT2D eigenvalue weighted by Crippen LogP contribution is -2.13. The minimum atomic E-state index is -0.401. The second-order valence-electron chi connectivity index (χ2n) is 6.44. The van der Waals surface area contributed by atoms with Gasteiger partial charge in [0.1, 0.15) is 16.4 Å². The zero-order valence-corrected chi connectivity index (χ0v) is 15.9. The molecular formula is C19H16ClFN6O. The SMILES string of the molecule is Cc1cc(C)n2ncc(C(=O)Nc3nn(Cc4ccc(F)cc4)cc3Cl)c2n1. The summed E-state index contributed by atoms with van der Waals surface area (Å²) in [7, 11) is 0. The fourth-order valence-electron chi connectivity index (χ4n) is 2.95. The molecule has 0 saturated carbocycles. The number of hydrogen-bond donors (Lipinski definition) is 1. The van der Waals surface area contributed by atoms with Gasteiger partial charge in [-0.1, -0.05) is 23.7 Å². The van der Waals surface area contributed by atoms with E-state index in [1.807, 2.05) is 19.9 Å². The smallest absolute Gasteiger partial charge is 0.262 e. The molecule has 0 aliphatic heterocycles. The highest BCUT2D eigenvalue weighted by Crippen LogP contribution is 2.22. The predicted octanol–water partition coefficient (Wildman–Crippen LogP) is 3.64. The minimum absolute atomic E-state index is 0.234. The van der Waals surface area contributed by atoms with Crippen molar-refractivity contribution >= 4 is 29.0 Å². The molecule has 1 N–H and O–H groups in total. The van der Waals surface area contributed by atoms with Crippen LogP contribution in [-0.4, -0.2) is 30.3 Å². The van der Waals surface area contributed by atoms with Gasteiger partial charge in [0, 0.05) is 17.6 Å². The number of nitrogens with one attached hydrogen (secondary N) is 1. The van der Waals surface area contributed by atoms with E-state index in [1.54, 1.807) is 27.5 Å². The molecule has 7 nitrogen and oxygen atoms in total. The van der Waals surface area contributed by atoms with Gasteiger partial charge in [0.25, 0.3) is 5.91 Å². The molecule has 0 unspecified atom stereocenters. The maximum Gasteiger partial charge on any atom is 0.262 e. The second-order valence-corrected chi connectivity index (χ2v) is 6.84. The van der Waals surface area contributed by atoms with Crippen LogP contribution in [0.1, 0.15) is 27.3 Å². The van der Waals surface area contributed by atoms with Crippen LogP contribution < -0.4 is 5.32 Å². The van der Waals surface area contributed by atoms with Crippen LogP contribution in [0.25, 0.3) is 5.65 Å². The van der Waals surface area contributed by atoms with E-state index in [1.165, 1.54) is 18.3 Å². The van der Waals surface area contributed by atoms with Gasteiger partial charge in [-0.15, -0.1) is 0 Å². The number of carbonyl (C=O) groups excluding carboxylic acids is 1. The number of carbonyl (C=O) groups is 1. The maximum atomic E-state index is 13.0. The number of rotatable bonds is 4. The van der Waals surface area contributed by atoms with E-state index < -0.39 is 5.91 Å². The van der Waals surface area contributed by atoms with E-state index in [9.17, 15) is 9.18 Å². The monoisotopic (exact) mass is 398 g/mol. The van der Waals surface area contributed by atoms with Crippen molar-refractivity contribution in [2.75, 3.05) is 5.32 Å². The Bertz CT molecular complexity index is 1180. The summed E-state index contributed by atoms with van der Waals surface area (Å²) >= 11 is 6.22. The molecule has 3 aromatic heterocycles. The molecule has 0 aliphatic rings. The summed E-state index contributed by atoms with van der Waals surface area (Å²) in [6, 6.07) is 7.98. The van der Waals surface area contributed by atoms with E-state index >= 15 is 0 Å². The first-order valence-corrected chi connectivity index (χ1v) is 8.89. The molecule has 0 aliphatic carbocycles. The van der Waals surface area contributed by atoms with E-state index in [2.05, 4.69) is 20.5 Å². The molecule has 9 heteroatoms. The third-order valence-corrected chi connectivity index (χ3v) is 4.51. The van der Waals surface area contributed by atoms with Crippen molar-refractivity contribution in [1.29, 1.82) is 0 Å². The lowest BCUT2D eigenvalue weighted by molar-refractivity contribution is 0.102. The topological polar surface area (TPSA) is 77.1 Å². The number of benzene rings is 1. The summed E-state index contributed by atoms with van der Waals surface area (Å²) in [6.45, 7) is 4.15. The standard InChI is InChI=1S/C19H16ClFN6O/c1-11-7-12(2)27-18(23-11)15(8-22-27)19(28)24-17-16(20)10-26(25-17)9-13-3-5-14(21)6-4-13/h3-8,10H,9H2,1-2H3,(H,24,25,28). The number of fused-ring (bicyclic) bond motifs is 1. The Kier molecular flexibility index (Phi) is 4.56. The van der Waals surface area contributed by atoms with Crippen LogP contribution in [0.4, 0.5) is 10.2 Å². The van der Waals surface area contributed by atoms with Gasteiger partial charge in [0.15, 0.2) is 11.5 Å². The molecule has 4 rings (SSSR count).